The van der Waals surface area contributed by atoms with E-state index in [0.29, 0.717) is 11.2 Å². The molecule has 6 heteroatoms. The highest BCUT2D eigenvalue weighted by Crippen LogP contribution is 2.14. The zero-order chi connectivity index (χ0) is 12.5. The lowest BCUT2D eigenvalue weighted by Crippen LogP contribution is -2.22. The predicted octanol–water partition coefficient (Wildman–Crippen LogP) is 0.673. The Morgan fingerprint density at radius 3 is 2.61 bits per heavy atom. The number of benzene rings is 1. The van der Waals surface area contributed by atoms with Crippen LogP contribution >= 0.6 is 0 Å². The number of hydrogen-bond acceptors (Lipinski definition) is 4. The van der Waals surface area contributed by atoms with Gasteiger partial charge in [-0.1, -0.05) is 12.1 Å². The number of aromatic nitrogens is 4. The summed E-state index contributed by atoms with van der Waals surface area (Å²) < 4.78 is 0. The standard InChI is InChI=1S/C12H8N4O2/c17-11-7(5-14-12(18)16-11)10-6-13-8-3-1-2-4-9(8)15-10/h1-6H,(H2,14,16,17,18). The Kier molecular flexibility index (Phi) is 2.26. The molecule has 0 unspecified atom stereocenters. The molecule has 0 saturated carbocycles. The van der Waals surface area contributed by atoms with Crippen molar-refractivity contribution in [3.63, 3.8) is 0 Å². The summed E-state index contributed by atoms with van der Waals surface area (Å²) in [4.78, 5) is 35.7. The molecular formula is C12H8N4O2. The topological polar surface area (TPSA) is 91.5 Å². The summed E-state index contributed by atoms with van der Waals surface area (Å²) in [5.41, 5.74) is 1.13. The Morgan fingerprint density at radius 1 is 1.06 bits per heavy atom. The highest BCUT2D eigenvalue weighted by atomic mass is 16.2. The van der Waals surface area contributed by atoms with Gasteiger partial charge in [0.05, 0.1) is 28.5 Å². The number of nitrogens with one attached hydrogen (secondary N) is 2. The molecule has 0 aliphatic heterocycles. The van der Waals surface area contributed by atoms with E-state index in [-0.39, 0.29) is 5.56 Å². The Labute approximate surface area is 100 Å². The summed E-state index contributed by atoms with van der Waals surface area (Å²) in [6, 6.07) is 7.36. The van der Waals surface area contributed by atoms with Crippen molar-refractivity contribution in [1.29, 1.82) is 0 Å². The van der Waals surface area contributed by atoms with Gasteiger partial charge in [-0.05, 0) is 12.1 Å². The number of fused-ring (bicyclic) bond motifs is 1. The molecule has 0 saturated heterocycles. The van der Waals surface area contributed by atoms with Crippen molar-refractivity contribution < 1.29 is 0 Å². The SMILES string of the molecule is O=c1[nH]cc(-c2cnc3ccccc3n2)c(=O)[nH]1. The van der Waals surface area contributed by atoms with Gasteiger partial charge in [0.25, 0.3) is 5.56 Å². The molecule has 0 fully saturated rings. The van der Waals surface area contributed by atoms with Gasteiger partial charge >= 0.3 is 5.69 Å². The lowest BCUT2D eigenvalue weighted by atomic mass is 10.2. The highest BCUT2D eigenvalue weighted by molar-refractivity contribution is 5.76. The molecule has 0 atom stereocenters. The molecule has 0 amide bonds. The average Bonchev–Trinajstić information content (AvgIpc) is 2.38. The van der Waals surface area contributed by atoms with E-state index in [1.807, 2.05) is 24.3 Å². The third-order valence-corrected chi connectivity index (χ3v) is 2.54. The Morgan fingerprint density at radius 2 is 1.83 bits per heavy atom. The Bertz CT molecular complexity index is 835. The highest BCUT2D eigenvalue weighted by Gasteiger charge is 2.06. The van der Waals surface area contributed by atoms with E-state index in [9.17, 15) is 9.59 Å². The van der Waals surface area contributed by atoms with Gasteiger partial charge in [0.15, 0.2) is 0 Å². The smallest absolute Gasteiger partial charge is 0.313 e. The lowest BCUT2D eigenvalue weighted by molar-refractivity contribution is 1.03. The average molecular weight is 240 g/mol. The summed E-state index contributed by atoms with van der Waals surface area (Å²) in [5.74, 6) is 0. The fourth-order valence-corrected chi connectivity index (χ4v) is 1.69. The van der Waals surface area contributed by atoms with Crippen molar-refractivity contribution in [1.82, 2.24) is 19.9 Å². The summed E-state index contributed by atoms with van der Waals surface area (Å²) in [5, 5.41) is 0. The second-order valence-electron chi connectivity index (χ2n) is 3.73. The quantitative estimate of drug-likeness (QED) is 0.654. The fourth-order valence-electron chi connectivity index (χ4n) is 1.69. The van der Waals surface area contributed by atoms with E-state index < -0.39 is 11.2 Å². The Hall–Kier alpha value is -2.76. The van der Waals surface area contributed by atoms with Crippen LogP contribution in [0.2, 0.25) is 0 Å². The molecule has 88 valence electrons. The zero-order valence-electron chi connectivity index (χ0n) is 9.18. The predicted molar refractivity (Wildman–Crippen MR) is 66.2 cm³/mol. The van der Waals surface area contributed by atoms with Gasteiger partial charge in [0, 0.05) is 6.20 Å². The van der Waals surface area contributed by atoms with Crippen LogP contribution < -0.4 is 11.2 Å². The molecule has 2 aromatic heterocycles. The summed E-state index contributed by atoms with van der Waals surface area (Å²) in [6.45, 7) is 0. The normalized spacial score (nSPS) is 10.7. The van der Waals surface area contributed by atoms with Crippen LogP contribution in [0.25, 0.3) is 22.3 Å². The van der Waals surface area contributed by atoms with Gasteiger partial charge in [0.2, 0.25) is 0 Å². The van der Waals surface area contributed by atoms with E-state index in [0.717, 1.165) is 5.52 Å². The van der Waals surface area contributed by atoms with Crippen LogP contribution in [-0.4, -0.2) is 19.9 Å². The molecule has 3 rings (SSSR count). The van der Waals surface area contributed by atoms with Crippen molar-refractivity contribution >= 4 is 11.0 Å². The summed E-state index contributed by atoms with van der Waals surface area (Å²) >= 11 is 0. The number of hydrogen-bond donors (Lipinski definition) is 2. The van der Waals surface area contributed by atoms with Gasteiger partial charge in [0.1, 0.15) is 0 Å². The first kappa shape index (κ1) is 10.4. The fraction of sp³-hybridized carbons (Fsp3) is 0. The number of para-hydroxylation sites is 2. The van der Waals surface area contributed by atoms with Gasteiger partial charge in [-0.3, -0.25) is 14.8 Å². The van der Waals surface area contributed by atoms with Crippen molar-refractivity contribution in [2.75, 3.05) is 0 Å². The largest absolute Gasteiger partial charge is 0.325 e. The first-order valence-corrected chi connectivity index (χ1v) is 5.28. The van der Waals surface area contributed by atoms with Gasteiger partial charge in [-0.25, -0.2) is 9.78 Å². The van der Waals surface area contributed by atoms with Crippen LogP contribution in [0.3, 0.4) is 0 Å². The van der Waals surface area contributed by atoms with E-state index in [1.54, 1.807) is 0 Å². The molecule has 0 aliphatic rings. The second kappa shape index (κ2) is 3.92. The molecule has 18 heavy (non-hydrogen) atoms. The van der Waals surface area contributed by atoms with Crippen molar-refractivity contribution in [2.24, 2.45) is 0 Å². The van der Waals surface area contributed by atoms with Crippen LogP contribution in [0.4, 0.5) is 0 Å². The van der Waals surface area contributed by atoms with Crippen LogP contribution in [0.15, 0.2) is 46.2 Å². The molecule has 6 nitrogen and oxygen atoms in total. The third-order valence-electron chi connectivity index (χ3n) is 2.54. The first-order chi connectivity index (χ1) is 8.74. The molecule has 0 bridgehead atoms. The molecule has 2 N–H and O–H groups in total. The van der Waals surface area contributed by atoms with Crippen molar-refractivity contribution in [3.8, 4) is 11.3 Å². The minimum atomic E-state index is -0.544. The lowest BCUT2D eigenvalue weighted by Gasteiger charge is -2.00. The van der Waals surface area contributed by atoms with Gasteiger partial charge < -0.3 is 4.98 Å². The maximum absolute atomic E-state index is 11.6. The zero-order valence-corrected chi connectivity index (χ0v) is 9.18. The van der Waals surface area contributed by atoms with E-state index in [2.05, 4.69) is 19.9 Å². The van der Waals surface area contributed by atoms with Crippen LogP contribution in [0.1, 0.15) is 0 Å². The molecule has 0 radical (unpaired) electrons. The Balaban J connectivity index is 2.25. The number of rotatable bonds is 1. The minimum absolute atomic E-state index is 0.285. The molecular weight excluding hydrogens is 232 g/mol. The van der Waals surface area contributed by atoms with Crippen LogP contribution in [-0.2, 0) is 0 Å². The van der Waals surface area contributed by atoms with Gasteiger partial charge in [-0.15, -0.1) is 0 Å². The van der Waals surface area contributed by atoms with Crippen LogP contribution in [0.5, 0.6) is 0 Å². The summed E-state index contributed by atoms with van der Waals surface area (Å²) in [6.07, 6.45) is 2.84. The van der Waals surface area contributed by atoms with E-state index in [1.165, 1.54) is 12.4 Å². The molecule has 3 aromatic rings. The molecule has 1 aromatic carbocycles. The number of nitrogens with zero attached hydrogens (tertiary/aromatic N) is 2. The van der Waals surface area contributed by atoms with Gasteiger partial charge in [-0.2, -0.15) is 0 Å². The van der Waals surface area contributed by atoms with Crippen molar-refractivity contribution in [2.45, 2.75) is 0 Å². The third kappa shape index (κ3) is 1.69. The van der Waals surface area contributed by atoms with E-state index >= 15 is 0 Å². The molecule has 0 aliphatic carbocycles. The molecule has 2 heterocycles. The maximum atomic E-state index is 11.6. The summed E-state index contributed by atoms with van der Waals surface area (Å²) in [7, 11) is 0. The minimum Gasteiger partial charge on any atom is -0.313 e. The monoisotopic (exact) mass is 240 g/mol. The molecule has 0 spiro atoms. The second-order valence-corrected chi connectivity index (χ2v) is 3.73. The van der Waals surface area contributed by atoms with E-state index in [4.69, 9.17) is 0 Å². The van der Waals surface area contributed by atoms with Crippen LogP contribution in [0, 0.1) is 0 Å². The first-order valence-electron chi connectivity index (χ1n) is 5.28. The van der Waals surface area contributed by atoms with Crippen molar-refractivity contribution in [3.05, 3.63) is 57.5 Å². The number of H-pyrrole nitrogens is 2. The number of aromatic amines is 2. The maximum Gasteiger partial charge on any atom is 0.325 e.